The quantitative estimate of drug-likeness (QED) is 0.717. The Kier molecular flexibility index (Phi) is 2.55. The molecule has 7 heteroatoms. The Balaban J connectivity index is 2.35. The van der Waals surface area contributed by atoms with Gasteiger partial charge in [-0.05, 0) is 0 Å². The lowest BCUT2D eigenvalue weighted by molar-refractivity contribution is 0.675. The van der Waals surface area contributed by atoms with Crippen molar-refractivity contribution in [1.29, 1.82) is 0 Å². The zero-order valence-corrected chi connectivity index (χ0v) is 9.10. The molecule has 0 radical (unpaired) electrons. The smallest absolute Gasteiger partial charge is 0.239 e. The fraction of sp³-hybridized carbons (Fsp3) is 0.250. The van der Waals surface area contributed by atoms with E-state index < -0.39 is 10.8 Å². The molecule has 0 aromatic carbocycles. The van der Waals surface area contributed by atoms with Crippen LogP contribution in [0.5, 0.6) is 0 Å². The third-order valence-electron chi connectivity index (χ3n) is 1.80. The van der Waals surface area contributed by atoms with Crippen LogP contribution in [0.2, 0.25) is 0 Å². The standard InChI is InChI=1S/C8H9N5OS/c1-13-5-6(3-10-13)7-4-9-8(12-11-7)15(2)14/h3-5H,1-2H3/t15-/m0/s1. The molecule has 1 atom stereocenters. The predicted octanol–water partition coefficient (Wildman–Crippen LogP) is 0.00950. The van der Waals surface area contributed by atoms with Crippen LogP contribution in [0.25, 0.3) is 11.3 Å². The Hall–Kier alpha value is -1.63. The van der Waals surface area contributed by atoms with Gasteiger partial charge in [0, 0.05) is 25.1 Å². The van der Waals surface area contributed by atoms with Crippen molar-refractivity contribution in [1.82, 2.24) is 25.0 Å². The second-order valence-corrected chi connectivity index (χ2v) is 4.26. The molecule has 0 spiro atoms. The highest BCUT2D eigenvalue weighted by Crippen LogP contribution is 2.13. The molecular weight excluding hydrogens is 214 g/mol. The van der Waals surface area contributed by atoms with Gasteiger partial charge in [-0.15, -0.1) is 10.2 Å². The minimum atomic E-state index is -1.19. The Morgan fingerprint density at radius 1 is 1.33 bits per heavy atom. The number of aryl methyl sites for hydroxylation is 1. The minimum absolute atomic E-state index is 0.239. The Labute approximate surface area is 88.8 Å². The lowest BCUT2D eigenvalue weighted by atomic mass is 10.3. The lowest BCUT2D eigenvalue weighted by Gasteiger charge is -1.95. The maximum atomic E-state index is 11.0. The first kappa shape index (κ1) is 9.91. The van der Waals surface area contributed by atoms with E-state index in [9.17, 15) is 4.21 Å². The highest BCUT2D eigenvalue weighted by atomic mass is 32.2. The lowest BCUT2D eigenvalue weighted by Crippen LogP contribution is -1.99. The predicted molar refractivity (Wildman–Crippen MR) is 54.4 cm³/mol. The van der Waals surface area contributed by atoms with Crippen LogP contribution in [0.4, 0.5) is 0 Å². The van der Waals surface area contributed by atoms with E-state index in [1.54, 1.807) is 17.1 Å². The summed E-state index contributed by atoms with van der Waals surface area (Å²) in [6.45, 7) is 0. The second-order valence-electron chi connectivity index (χ2n) is 2.98. The maximum Gasteiger partial charge on any atom is 0.239 e. The fourth-order valence-electron chi connectivity index (χ4n) is 1.08. The summed E-state index contributed by atoms with van der Waals surface area (Å²) in [6, 6.07) is 0. The first-order valence-electron chi connectivity index (χ1n) is 4.19. The molecule has 6 nitrogen and oxygen atoms in total. The number of hydrogen-bond acceptors (Lipinski definition) is 5. The van der Waals surface area contributed by atoms with Crippen LogP contribution in [0.1, 0.15) is 0 Å². The third kappa shape index (κ3) is 2.07. The Morgan fingerprint density at radius 3 is 2.60 bits per heavy atom. The fourth-order valence-corrected chi connectivity index (χ4v) is 1.44. The van der Waals surface area contributed by atoms with Gasteiger partial charge in [0.1, 0.15) is 5.69 Å². The van der Waals surface area contributed by atoms with Crippen molar-refractivity contribution >= 4 is 10.8 Å². The SMILES string of the molecule is Cn1cc(-c2cnc([S@](C)=O)nn2)cn1. The van der Waals surface area contributed by atoms with Crippen LogP contribution in [-0.2, 0) is 17.8 Å². The highest BCUT2D eigenvalue weighted by Gasteiger charge is 2.05. The van der Waals surface area contributed by atoms with Crippen molar-refractivity contribution in [3.8, 4) is 11.3 Å². The molecule has 2 aromatic rings. The molecule has 0 saturated heterocycles. The number of hydrogen-bond donors (Lipinski definition) is 0. The summed E-state index contributed by atoms with van der Waals surface area (Å²) in [7, 11) is 0.625. The van der Waals surface area contributed by atoms with Gasteiger partial charge in [-0.1, -0.05) is 0 Å². The zero-order chi connectivity index (χ0) is 10.8. The van der Waals surface area contributed by atoms with Gasteiger partial charge in [-0.2, -0.15) is 5.10 Å². The van der Waals surface area contributed by atoms with Crippen LogP contribution in [0, 0.1) is 0 Å². The number of rotatable bonds is 2. The number of nitrogens with zero attached hydrogens (tertiary/aromatic N) is 5. The van der Waals surface area contributed by atoms with Gasteiger partial charge in [0.05, 0.1) is 23.2 Å². The first-order chi connectivity index (χ1) is 7.16. The molecule has 78 valence electrons. The van der Waals surface area contributed by atoms with E-state index in [0.717, 1.165) is 5.56 Å². The molecule has 0 unspecified atom stereocenters. The number of aromatic nitrogens is 5. The van der Waals surface area contributed by atoms with Crippen LogP contribution < -0.4 is 0 Å². The molecule has 0 bridgehead atoms. The topological polar surface area (TPSA) is 73.6 Å². The molecule has 0 fully saturated rings. The highest BCUT2D eigenvalue weighted by molar-refractivity contribution is 7.84. The van der Waals surface area contributed by atoms with E-state index in [2.05, 4.69) is 20.3 Å². The summed E-state index contributed by atoms with van der Waals surface area (Å²) in [5.41, 5.74) is 1.46. The zero-order valence-electron chi connectivity index (χ0n) is 8.28. The van der Waals surface area contributed by atoms with Gasteiger partial charge in [-0.25, -0.2) is 4.98 Å². The van der Waals surface area contributed by atoms with E-state index in [4.69, 9.17) is 0 Å². The summed E-state index contributed by atoms with van der Waals surface area (Å²) >= 11 is 0. The van der Waals surface area contributed by atoms with Crippen LogP contribution in [-0.4, -0.2) is 35.4 Å². The summed E-state index contributed by atoms with van der Waals surface area (Å²) in [6.07, 6.45) is 6.55. The molecule has 0 aliphatic heterocycles. The molecule has 2 aromatic heterocycles. The van der Waals surface area contributed by atoms with E-state index in [0.29, 0.717) is 5.69 Å². The average molecular weight is 223 g/mol. The van der Waals surface area contributed by atoms with E-state index in [-0.39, 0.29) is 5.16 Å². The first-order valence-corrected chi connectivity index (χ1v) is 5.75. The van der Waals surface area contributed by atoms with Crippen LogP contribution >= 0.6 is 0 Å². The van der Waals surface area contributed by atoms with Gasteiger partial charge in [0.25, 0.3) is 0 Å². The molecule has 2 heterocycles. The summed E-state index contributed by atoms with van der Waals surface area (Å²) in [4.78, 5) is 3.95. The molecule has 0 saturated carbocycles. The second kappa shape index (κ2) is 3.85. The van der Waals surface area contributed by atoms with Crippen molar-refractivity contribution in [2.45, 2.75) is 5.16 Å². The van der Waals surface area contributed by atoms with Gasteiger partial charge in [0.2, 0.25) is 5.16 Å². The van der Waals surface area contributed by atoms with Crippen LogP contribution in [0.15, 0.2) is 23.7 Å². The normalized spacial score (nSPS) is 12.7. The summed E-state index contributed by atoms with van der Waals surface area (Å²) in [5.74, 6) is 0. The largest absolute Gasteiger partial charge is 0.275 e. The van der Waals surface area contributed by atoms with Crippen molar-refractivity contribution in [3.63, 3.8) is 0 Å². The molecular formula is C8H9N5OS. The van der Waals surface area contributed by atoms with Crippen molar-refractivity contribution < 1.29 is 4.21 Å². The van der Waals surface area contributed by atoms with Gasteiger partial charge < -0.3 is 0 Å². The molecule has 0 amide bonds. The summed E-state index contributed by atoms with van der Waals surface area (Å²) < 4.78 is 12.7. The molecule has 0 aliphatic carbocycles. The minimum Gasteiger partial charge on any atom is -0.275 e. The Morgan fingerprint density at radius 2 is 2.13 bits per heavy atom. The van der Waals surface area contributed by atoms with Crippen LogP contribution in [0.3, 0.4) is 0 Å². The van der Waals surface area contributed by atoms with Gasteiger partial charge in [0.15, 0.2) is 0 Å². The maximum absolute atomic E-state index is 11.0. The molecule has 2 rings (SSSR count). The monoisotopic (exact) mass is 223 g/mol. The third-order valence-corrected chi connectivity index (χ3v) is 2.50. The molecule has 0 N–H and O–H groups in total. The van der Waals surface area contributed by atoms with E-state index in [1.807, 2.05) is 13.2 Å². The van der Waals surface area contributed by atoms with Gasteiger partial charge >= 0.3 is 0 Å². The van der Waals surface area contributed by atoms with Crippen molar-refractivity contribution in [2.75, 3.05) is 6.26 Å². The van der Waals surface area contributed by atoms with Gasteiger partial charge in [-0.3, -0.25) is 8.89 Å². The summed E-state index contributed by atoms with van der Waals surface area (Å²) in [5, 5.41) is 11.9. The average Bonchev–Trinajstić information content (AvgIpc) is 2.65. The van der Waals surface area contributed by atoms with E-state index >= 15 is 0 Å². The van der Waals surface area contributed by atoms with Crippen molar-refractivity contribution in [2.24, 2.45) is 7.05 Å². The Bertz CT molecular complexity index is 492. The molecule has 15 heavy (non-hydrogen) atoms. The van der Waals surface area contributed by atoms with E-state index in [1.165, 1.54) is 6.26 Å². The molecule has 0 aliphatic rings. The van der Waals surface area contributed by atoms with Crippen molar-refractivity contribution in [3.05, 3.63) is 18.6 Å².